The second kappa shape index (κ2) is 36.9. The number of carbonyl (C=O) groups excluding carboxylic acids is 1. The van der Waals surface area contributed by atoms with Crippen LogP contribution in [0.15, 0.2) is 12.7 Å². The van der Waals surface area contributed by atoms with Crippen LogP contribution in [-0.4, -0.2) is 130 Å². The van der Waals surface area contributed by atoms with Crippen molar-refractivity contribution in [1.29, 1.82) is 0 Å². The molecule has 1 N–H and O–H groups in total. The summed E-state index contributed by atoms with van der Waals surface area (Å²) in [5.74, 6) is -0.401. The normalized spacial score (nSPS) is 11.2. The van der Waals surface area contributed by atoms with E-state index in [4.69, 9.17) is 47.7 Å². The maximum atomic E-state index is 10.9. The molecule has 11 nitrogen and oxygen atoms in total. The fourth-order valence-electron chi connectivity index (χ4n) is 3.22. The summed E-state index contributed by atoms with van der Waals surface area (Å²) in [6.45, 7) is 14.7. The van der Waals surface area contributed by atoms with Crippen LogP contribution in [-0.2, 0) is 47.4 Å². The van der Waals surface area contributed by atoms with Gasteiger partial charge in [0.15, 0.2) is 0 Å². The molecule has 0 aromatic rings. The van der Waals surface area contributed by atoms with Gasteiger partial charge in [0, 0.05) is 125 Å². The summed E-state index contributed by atoms with van der Waals surface area (Å²) in [4.78, 5) is 10.9. The van der Waals surface area contributed by atoms with Gasteiger partial charge in [0.05, 0.1) is 6.61 Å². The van der Waals surface area contributed by atoms with Gasteiger partial charge < -0.3 is 47.7 Å². The van der Waals surface area contributed by atoms with Crippen LogP contribution in [0.3, 0.4) is 0 Å². The van der Waals surface area contributed by atoms with Crippen molar-refractivity contribution in [2.24, 2.45) is 0 Å². The van der Waals surface area contributed by atoms with Gasteiger partial charge in [0.25, 0.3) is 0 Å². The van der Waals surface area contributed by atoms with Crippen molar-refractivity contribution in [3.63, 3.8) is 0 Å². The Bertz CT molecular complexity index is 523. The molecule has 11 heteroatoms. The lowest BCUT2D eigenvalue weighted by Crippen LogP contribution is -2.08. The predicted molar refractivity (Wildman–Crippen MR) is 156 cm³/mol. The highest BCUT2D eigenvalue weighted by atomic mass is 16.5. The molecule has 0 amide bonds. The van der Waals surface area contributed by atoms with Gasteiger partial charge in [-0.3, -0.25) is 0 Å². The van der Waals surface area contributed by atoms with E-state index in [0.717, 1.165) is 51.0 Å². The highest BCUT2D eigenvalue weighted by molar-refractivity contribution is 5.81. The van der Waals surface area contributed by atoms with Crippen LogP contribution in [0.2, 0.25) is 0 Å². The Kier molecular flexibility index (Phi) is 35.8. The Labute approximate surface area is 248 Å². The van der Waals surface area contributed by atoms with Gasteiger partial charge in [-0.15, -0.1) is 0 Å². The third-order valence-corrected chi connectivity index (χ3v) is 5.33. The molecule has 0 heterocycles. The molecule has 244 valence electrons. The van der Waals surface area contributed by atoms with E-state index in [0.29, 0.717) is 125 Å². The lowest BCUT2D eigenvalue weighted by atomic mass is 10.4. The molecule has 0 saturated heterocycles. The summed E-state index contributed by atoms with van der Waals surface area (Å²) in [7, 11) is 0. The predicted octanol–water partition coefficient (Wildman–Crippen LogP) is 3.35. The Hall–Kier alpha value is -1.15. The molecule has 0 rings (SSSR count). The Morgan fingerprint density at radius 3 is 0.854 bits per heavy atom. The summed E-state index contributed by atoms with van der Waals surface area (Å²) >= 11 is 0. The summed E-state index contributed by atoms with van der Waals surface area (Å²) in [6, 6.07) is 0. The number of esters is 1. The van der Waals surface area contributed by atoms with Crippen LogP contribution >= 0.6 is 0 Å². The SMILES string of the molecule is C=CC(=O)OCCCOCCCOCCCOCCCOCCCOCCCOCCCOCCCOCCCO. The molecule has 0 saturated carbocycles. The standard InChI is InChI=1S/C30H58O11/c1-2-30(32)41-29-11-28-40-27-10-26-39-25-9-24-38-23-8-22-37-21-7-20-36-19-6-18-35-17-5-16-34-15-4-14-33-13-3-12-31/h2,31H,1,3-29H2. The van der Waals surface area contributed by atoms with Crippen LogP contribution in [0.25, 0.3) is 0 Å². The Morgan fingerprint density at radius 1 is 0.415 bits per heavy atom. The highest BCUT2D eigenvalue weighted by Gasteiger charge is 1.97. The first-order chi connectivity index (χ1) is 20.3. The van der Waals surface area contributed by atoms with E-state index < -0.39 is 5.97 Å². The van der Waals surface area contributed by atoms with Crippen LogP contribution in [0.5, 0.6) is 0 Å². The Morgan fingerprint density at radius 2 is 0.634 bits per heavy atom. The van der Waals surface area contributed by atoms with Crippen LogP contribution in [0.1, 0.15) is 57.8 Å². The molecular weight excluding hydrogens is 536 g/mol. The number of hydrogen-bond acceptors (Lipinski definition) is 11. The second-order valence-electron chi connectivity index (χ2n) is 9.18. The molecule has 41 heavy (non-hydrogen) atoms. The smallest absolute Gasteiger partial charge is 0.330 e. The molecule has 0 atom stereocenters. The van der Waals surface area contributed by atoms with Gasteiger partial charge in [0.2, 0.25) is 0 Å². The zero-order chi connectivity index (χ0) is 29.7. The van der Waals surface area contributed by atoms with Crippen LogP contribution in [0.4, 0.5) is 0 Å². The largest absolute Gasteiger partial charge is 0.462 e. The van der Waals surface area contributed by atoms with Crippen molar-refractivity contribution in [3.05, 3.63) is 12.7 Å². The first-order valence-electron chi connectivity index (χ1n) is 15.3. The minimum absolute atomic E-state index is 0.177. The Balaban J connectivity index is 3.04. The van der Waals surface area contributed by atoms with Gasteiger partial charge in [-0.2, -0.15) is 0 Å². The van der Waals surface area contributed by atoms with E-state index in [-0.39, 0.29) is 6.61 Å². The molecule has 0 aromatic heterocycles. The van der Waals surface area contributed by atoms with E-state index in [9.17, 15) is 4.79 Å². The summed E-state index contributed by atoms with van der Waals surface area (Å²) in [5.41, 5.74) is 0. The van der Waals surface area contributed by atoms with Crippen molar-refractivity contribution in [1.82, 2.24) is 0 Å². The molecule has 0 aliphatic rings. The minimum atomic E-state index is -0.401. The van der Waals surface area contributed by atoms with Gasteiger partial charge in [-0.05, 0) is 51.4 Å². The second-order valence-corrected chi connectivity index (χ2v) is 9.18. The molecular formula is C30H58O11. The average molecular weight is 595 g/mol. The highest BCUT2D eigenvalue weighted by Crippen LogP contribution is 1.95. The number of aliphatic hydroxyl groups is 1. The third kappa shape index (κ3) is 36.8. The first kappa shape index (κ1) is 39.8. The van der Waals surface area contributed by atoms with E-state index >= 15 is 0 Å². The molecule has 0 spiro atoms. The number of ether oxygens (including phenoxy) is 9. The lowest BCUT2D eigenvalue weighted by Gasteiger charge is -2.08. The van der Waals surface area contributed by atoms with Crippen molar-refractivity contribution in [2.45, 2.75) is 57.8 Å². The van der Waals surface area contributed by atoms with Crippen molar-refractivity contribution in [2.75, 3.05) is 119 Å². The number of hydrogen-bond donors (Lipinski definition) is 1. The number of aliphatic hydroxyl groups excluding tert-OH is 1. The molecule has 0 aliphatic heterocycles. The van der Waals surface area contributed by atoms with Gasteiger partial charge in [-0.1, -0.05) is 6.58 Å². The van der Waals surface area contributed by atoms with Crippen molar-refractivity contribution >= 4 is 5.97 Å². The van der Waals surface area contributed by atoms with Crippen molar-refractivity contribution in [3.8, 4) is 0 Å². The monoisotopic (exact) mass is 594 g/mol. The van der Waals surface area contributed by atoms with Gasteiger partial charge in [-0.25, -0.2) is 4.79 Å². The van der Waals surface area contributed by atoms with E-state index in [1.807, 2.05) is 0 Å². The number of rotatable bonds is 36. The van der Waals surface area contributed by atoms with Crippen molar-refractivity contribution < 1.29 is 52.5 Å². The molecule has 0 unspecified atom stereocenters. The van der Waals surface area contributed by atoms with E-state index in [2.05, 4.69) is 6.58 Å². The molecule has 0 fully saturated rings. The molecule has 0 aromatic carbocycles. The summed E-state index contributed by atoms with van der Waals surface area (Å²) < 4.78 is 49.2. The summed E-state index contributed by atoms with van der Waals surface area (Å²) in [5, 5.41) is 8.65. The first-order valence-corrected chi connectivity index (χ1v) is 15.3. The quantitative estimate of drug-likeness (QED) is 0.0653. The minimum Gasteiger partial charge on any atom is -0.462 e. The topological polar surface area (TPSA) is 120 Å². The molecule has 0 radical (unpaired) electrons. The maximum absolute atomic E-state index is 10.9. The molecule has 0 bridgehead atoms. The fraction of sp³-hybridized carbons (Fsp3) is 0.900. The fourth-order valence-corrected chi connectivity index (χ4v) is 3.22. The molecule has 0 aliphatic carbocycles. The van der Waals surface area contributed by atoms with Crippen LogP contribution in [0, 0.1) is 0 Å². The van der Waals surface area contributed by atoms with E-state index in [1.54, 1.807) is 0 Å². The van der Waals surface area contributed by atoms with E-state index in [1.165, 1.54) is 0 Å². The zero-order valence-corrected chi connectivity index (χ0v) is 25.4. The van der Waals surface area contributed by atoms with Gasteiger partial charge in [0.1, 0.15) is 0 Å². The maximum Gasteiger partial charge on any atom is 0.330 e. The summed E-state index contributed by atoms with van der Waals surface area (Å²) in [6.07, 6.45) is 8.67. The number of carbonyl (C=O) groups is 1. The lowest BCUT2D eigenvalue weighted by molar-refractivity contribution is -0.138. The van der Waals surface area contributed by atoms with Crippen LogP contribution < -0.4 is 0 Å². The average Bonchev–Trinajstić information content (AvgIpc) is 2.99. The third-order valence-electron chi connectivity index (χ3n) is 5.33. The zero-order valence-electron chi connectivity index (χ0n) is 25.4. The van der Waals surface area contributed by atoms with Gasteiger partial charge >= 0.3 is 5.97 Å².